The molecule has 1 spiro atoms. The van der Waals surface area contributed by atoms with Crippen molar-refractivity contribution in [2.24, 2.45) is 0 Å². The lowest BCUT2D eigenvalue weighted by Gasteiger charge is -2.46. The van der Waals surface area contributed by atoms with Crippen LogP contribution in [0.15, 0.2) is 0 Å². The molecule has 1 N–H and O–H groups in total. The van der Waals surface area contributed by atoms with Gasteiger partial charge in [-0.1, -0.05) is 19.8 Å². The van der Waals surface area contributed by atoms with Crippen molar-refractivity contribution in [2.75, 3.05) is 25.4 Å². The van der Waals surface area contributed by atoms with Gasteiger partial charge in [0.2, 0.25) is 0 Å². The highest BCUT2D eigenvalue weighted by molar-refractivity contribution is 8.00. The van der Waals surface area contributed by atoms with Gasteiger partial charge in [0.15, 0.2) is 0 Å². The minimum Gasteiger partial charge on any atom is -0.308 e. The van der Waals surface area contributed by atoms with Crippen molar-refractivity contribution in [3.8, 4) is 0 Å². The quantitative estimate of drug-likeness (QED) is 0.857. The van der Waals surface area contributed by atoms with Crippen molar-refractivity contribution in [3.63, 3.8) is 0 Å². The molecule has 1 aliphatic heterocycles. The molecule has 1 atom stereocenters. The normalized spacial score (nSPS) is 28.1. The van der Waals surface area contributed by atoms with Gasteiger partial charge in [0.1, 0.15) is 0 Å². The molecular formula is C13H23F3N2S. The molecule has 0 bridgehead atoms. The molecular weight excluding hydrogens is 273 g/mol. The predicted octanol–water partition coefficient (Wildman–Crippen LogP) is 3.24. The number of piperazine rings is 1. The van der Waals surface area contributed by atoms with Crippen molar-refractivity contribution in [3.05, 3.63) is 0 Å². The summed E-state index contributed by atoms with van der Waals surface area (Å²) in [4.78, 5) is 2.28. The second kappa shape index (κ2) is 6.22. The second-order valence-corrected chi connectivity index (χ2v) is 6.85. The second-order valence-electron chi connectivity index (χ2n) is 5.70. The Morgan fingerprint density at radius 1 is 1.32 bits per heavy atom. The molecule has 0 aromatic heterocycles. The summed E-state index contributed by atoms with van der Waals surface area (Å²) in [5.41, 5.74) is -3.91. The van der Waals surface area contributed by atoms with Gasteiger partial charge < -0.3 is 5.32 Å². The molecule has 0 amide bonds. The Labute approximate surface area is 117 Å². The van der Waals surface area contributed by atoms with E-state index in [1.54, 1.807) is 0 Å². The molecule has 0 aromatic carbocycles. The molecule has 2 nitrogen and oxygen atoms in total. The molecule has 112 valence electrons. The molecule has 19 heavy (non-hydrogen) atoms. The van der Waals surface area contributed by atoms with Crippen molar-refractivity contribution >= 4 is 11.8 Å². The zero-order valence-corrected chi connectivity index (χ0v) is 12.2. The number of thioether (sulfide) groups is 1. The molecule has 0 aromatic rings. The summed E-state index contributed by atoms with van der Waals surface area (Å²) in [5.74, 6) is 0.149. The van der Waals surface area contributed by atoms with Gasteiger partial charge in [0, 0.05) is 37.0 Å². The molecule has 6 heteroatoms. The Bertz CT molecular complexity index is 290. The predicted molar refractivity (Wildman–Crippen MR) is 73.4 cm³/mol. The largest absolute Gasteiger partial charge is 0.441 e. The van der Waals surface area contributed by atoms with Gasteiger partial charge in [-0.25, -0.2) is 0 Å². The molecule has 2 rings (SSSR count). The van der Waals surface area contributed by atoms with E-state index >= 15 is 0 Å². The number of rotatable bonds is 4. The summed E-state index contributed by atoms with van der Waals surface area (Å²) in [6, 6.07) is 0.389. The third-order valence-corrected chi connectivity index (χ3v) is 5.12. The maximum absolute atomic E-state index is 12.2. The summed E-state index contributed by atoms with van der Waals surface area (Å²) in [6.07, 6.45) is 5.84. The Balaban J connectivity index is 1.87. The van der Waals surface area contributed by atoms with Crippen LogP contribution in [-0.4, -0.2) is 47.4 Å². The molecule has 1 unspecified atom stereocenters. The van der Waals surface area contributed by atoms with E-state index in [2.05, 4.69) is 17.1 Å². The van der Waals surface area contributed by atoms with Crippen LogP contribution in [0, 0.1) is 0 Å². The van der Waals surface area contributed by atoms with Gasteiger partial charge >= 0.3 is 5.51 Å². The number of halogens is 3. The number of nitrogens with one attached hydrogen (secondary N) is 1. The lowest BCUT2D eigenvalue weighted by molar-refractivity contribution is -0.0330. The topological polar surface area (TPSA) is 15.3 Å². The average Bonchev–Trinajstić information content (AvgIpc) is 2.76. The van der Waals surface area contributed by atoms with Crippen LogP contribution < -0.4 is 5.32 Å². The molecule has 1 aliphatic carbocycles. The van der Waals surface area contributed by atoms with Gasteiger partial charge in [0.25, 0.3) is 0 Å². The Hall–Kier alpha value is 0.0600. The lowest BCUT2D eigenvalue weighted by atomic mass is 9.92. The van der Waals surface area contributed by atoms with Crippen molar-refractivity contribution in [1.29, 1.82) is 0 Å². The van der Waals surface area contributed by atoms with Crippen LogP contribution in [0.1, 0.15) is 39.0 Å². The number of hydrogen-bond donors (Lipinski definition) is 1. The Morgan fingerprint density at radius 2 is 2.00 bits per heavy atom. The van der Waals surface area contributed by atoms with Crippen molar-refractivity contribution in [1.82, 2.24) is 10.2 Å². The number of alkyl halides is 3. The molecule has 1 heterocycles. The molecule has 1 saturated heterocycles. The van der Waals surface area contributed by atoms with Crippen LogP contribution in [-0.2, 0) is 0 Å². The van der Waals surface area contributed by atoms with Crippen molar-refractivity contribution < 1.29 is 13.2 Å². The highest BCUT2D eigenvalue weighted by Gasteiger charge is 2.40. The van der Waals surface area contributed by atoms with Crippen LogP contribution >= 0.6 is 11.8 Å². The lowest BCUT2D eigenvalue weighted by Crippen LogP contribution is -2.63. The fraction of sp³-hybridized carbons (Fsp3) is 1.00. The fourth-order valence-electron chi connectivity index (χ4n) is 3.37. The first-order valence-corrected chi connectivity index (χ1v) is 8.12. The minimum atomic E-state index is -4.10. The maximum Gasteiger partial charge on any atom is 0.441 e. The van der Waals surface area contributed by atoms with E-state index in [9.17, 15) is 13.2 Å². The van der Waals surface area contributed by atoms with Gasteiger partial charge in [-0.2, -0.15) is 13.2 Å². The Kier molecular flexibility index (Phi) is 5.06. The van der Waals surface area contributed by atoms with E-state index in [1.165, 1.54) is 25.7 Å². The smallest absolute Gasteiger partial charge is 0.308 e. The standard InChI is InChI=1S/C13H23F3N2S/c1-2-11-9-17-12(5-3-4-6-12)10-18(11)7-8-19-13(14,15)16/h11,17H,2-10H2,1H3. The number of nitrogens with zero attached hydrogens (tertiary/aromatic N) is 1. The van der Waals surface area contributed by atoms with Gasteiger partial charge in [-0.3, -0.25) is 4.90 Å². The summed E-state index contributed by atoms with van der Waals surface area (Å²) in [7, 11) is 0. The monoisotopic (exact) mass is 296 g/mol. The highest BCUT2D eigenvalue weighted by atomic mass is 32.2. The zero-order valence-electron chi connectivity index (χ0n) is 11.4. The van der Waals surface area contributed by atoms with Crippen molar-refractivity contribution in [2.45, 2.75) is 56.1 Å². The highest BCUT2D eigenvalue weighted by Crippen LogP contribution is 2.34. The van der Waals surface area contributed by atoms with Crippen LogP contribution in [0.3, 0.4) is 0 Å². The fourth-order valence-corrected chi connectivity index (χ4v) is 3.92. The SMILES string of the molecule is CCC1CNC2(CCCC2)CN1CCSC(F)(F)F. The zero-order chi connectivity index (χ0) is 13.9. The van der Waals surface area contributed by atoms with E-state index in [4.69, 9.17) is 0 Å². The minimum absolute atomic E-state index is 0.109. The Morgan fingerprint density at radius 3 is 2.58 bits per heavy atom. The molecule has 1 saturated carbocycles. The first kappa shape index (κ1) is 15.4. The maximum atomic E-state index is 12.2. The number of hydrogen-bond acceptors (Lipinski definition) is 3. The van der Waals surface area contributed by atoms with Crippen LogP contribution in [0.25, 0.3) is 0 Å². The molecule has 2 aliphatic rings. The van der Waals surface area contributed by atoms with E-state index < -0.39 is 5.51 Å². The van der Waals surface area contributed by atoms with Gasteiger partial charge in [-0.15, -0.1) is 0 Å². The first-order chi connectivity index (χ1) is 8.94. The van der Waals surface area contributed by atoms with Crippen LogP contribution in [0.5, 0.6) is 0 Å². The molecule has 2 fully saturated rings. The first-order valence-electron chi connectivity index (χ1n) is 7.14. The van der Waals surface area contributed by atoms with E-state index in [0.29, 0.717) is 12.6 Å². The summed E-state index contributed by atoms with van der Waals surface area (Å²) >= 11 is 0.109. The third kappa shape index (κ3) is 4.26. The van der Waals surface area contributed by atoms with Crippen LogP contribution in [0.2, 0.25) is 0 Å². The van der Waals surface area contributed by atoms with Gasteiger partial charge in [0.05, 0.1) is 0 Å². The van der Waals surface area contributed by atoms with Gasteiger partial charge in [-0.05, 0) is 31.0 Å². The van der Waals surface area contributed by atoms with Crippen LogP contribution in [0.4, 0.5) is 13.2 Å². The van der Waals surface area contributed by atoms with E-state index in [-0.39, 0.29) is 23.1 Å². The third-order valence-electron chi connectivity index (χ3n) is 4.41. The summed E-state index contributed by atoms with van der Waals surface area (Å²) in [5, 5.41) is 3.66. The molecule has 0 radical (unpaired) electrons. The van der Waals surface area contributed by atoms with E-state index in [0.717, 1.165) is 19.5 Å². The summed E-state index contributed by atoms with van der Waals surface area (Å²) < 4.78 is 36.6. The average molecular weight is 296 g/mol. The summed E-state index contributed by atoms with van der Waals surface area (Å²) in [6.45, 7) is 4.51. The van der Waals surface area contributed by atoms with E-state index in [1.807, 2.05) is 0 Å².